The monoisotopic (exact) mass is 404 g/mol. The number of rotatable bonds is 8. The van der Waals surface area contributed by atoms with Crippen molar-refractivity contribution in [2.75, 3.05) is 30.9 Å². The highest BCUT2D eigenvalue weighted by atomic mass is 16.5. The molecule has 0 saturated heterocycles. The van der Waals surface area contributed by atoms with Crippen LogP contribution in [0, 0.1) is 0 Å². The summed E-state index contributed by atoms with van der Waals surface area (Å²) in [6.07, 6.45) is 0. The molecular weight excluding hydrogens is 380 g/mol. The lowest BCUT2D eigenvalue weighted by Gasteiger charge is -2.13. The molecule has 0 aliphatic rings. The zero-order valence-electron chi connectivity index (χ0n) is 17.0. The molecule has 6 heteroatoms. The van der Waals surface area contributed by atoms with Gasteiger partial charge in [0, 0.05) is 31.0 Å². The second-order valence-electron chi connectivity index (χ2n) is 6.82. The van der Waals surface area contributed by atoms with Crippen molar-refractivity contribution in [1.29, 1.82) is 0 Å². The zero-order valence-corrected chi connectivity index (χ0v) is 17.0. The summed E-state index contributed by atoms with van der Waals surface area (Å²) in [7, 11) is 3.88. The Kier molecular flexibility index (Phi) is 7.05. The molecule has 0 aliphatic carbocycles. The van der Waals surface area contributed by atoms with E-state index in [2.05, 4.69) is 5.32 Å². The van der Waals surface area contributed by atoms with Crippen LogP contribution >= 0.6 is 0 Å². The van der Waals surface area contributed by atoms with Gasteiger partial charge in [0.05, 0.1) is 5.56 Å². The van der Waals surface area contributed by atoms with Crippen molar-refractivity contribution in [1.82, 2.24) is 0 Å². The Bertz CT molecular complexity index is 986. The van der Waals surface area contributed by atoms with Gasteiger partial charge >= 0.3 is 5.97 Å². The Labute approximate surface area is 176 Å². The summed E-state index contributed by atoms with van der Waals surface area (Å²) in [6, 6.07) is 23.7. The van der Waals surface area contributed by atoms with Gasteiger partial charge in [-0.15, -0.1) is 0 Å². The first-order valence-corrected chi connectivity index (χ1v) is 9.53. The van der Waals surface area contributed by atoms with Gasteiger partial charge < -0.3 is 19.7 Å². The predicted octanol–water partition coefficient (Wildman–Crippen LogP) is 4.13. The number of carbonyl (C=O) groups excluding carboxylic acids is 2. The van der Waals surface area contributed by atoms with Crippen LogP contribution in [-0.4, -0.2) is 32.6 Å². The lowest BCUT2D eigenvalue weighted by molar-refractivity contribution is -0.119. The second kappa shape index (κ2) is 10.1. The molecule has 0 aliphatic heterocycles. The van der Waals surface area contributed by atoms with Crippen molar-refractivity contribution < 1.29 is 19.1 Å². The molecule has 3 aromatic carbocycles. The average Bonchev–Trinajstić information content (AvgIpc) is 2.77. The molecule has 0 spiro atoms. The van der Waals surface area contributed by atoms with Gasteiger partial charge in [0.15, 0.2) is 6.61 Å². The first-order valence-electron chi connectivity index (χ1n) is 9.53. The van der Waals surface area contributed by atoms with Crippen molar-refractivity contribution in [3.63, 3.8) is 0 Å². The standard InChI is InChI=1S/C24H24N2O4/c1-26(2)20-14-12-19(13-15-20)25-23(27)17-30-24(28)22-11-7-6-8-18(22)16-29-21-9-4-3-5-10-21/h3-15H,16-17H2,1-2H3,(H,25,27). The van der Waals surface area contributed by atoms with Crippen LogP contribution in [0.15, 0.2) is 78.9 Å². The normalized spacial score (nSPS) is 10.2. The van der Waals surface area contributed by atoms with Gasteiger partial charge in [-0.3, -0.25) is 4.79 Å². The first-order chi connectivity index (χ1) is 14.5. The summed E-state index contributed by atoms with van der Waals surface area (Å²) in [5, 5.41) is 2.72. The third-order valence-electron chi connectivity index (χ3n) is 4.38. The van der Waals surface area contributed by atoms with Crippen LogP contribution in [-0.2, 0) is 16.1 Å². The fraction of sp³-hybridized carbons (Fsp3) is 0.167. The van der Waals surface area contributed by atoms with E-state index < -0.39 is 11.9 Å². The van der Waals surface area contributed by atoms with E-state index in [1.807, 2.05) is 67.5 Å². The molecule has 3 aromatic rings. The second-order valence-corrected chi connectivity index (χ2v) is 6.82. The van der Waals surface area contributed by atoms with Crippen LogP contribution in [0.4, 0.5) is 11.4 Å². The molecule has 30 heavy (non-hydrogen) atoms. The fourth-order valence-electron chi connectivity index (χ4n) is 2.77. The van der Waals surface area contributed by atoms with Crippen LogP contribution in [0.3, 0.4) is 0 Å². The highest BCUT2D eigenvalue weighted by Crippen LogP contribution is 2.17. The Hall–Kier alpha value is -3.80. The number of hydrogen-bond donors (Lipinski definition) is 1. The molecule has 1 amide bonds. The maximum Gasteiger partial charge on any atom is 0.339 e. The molecule has 0 bridgehead atoms. The smallest absolute Gasteiger partial charge is 0.339 e. The molecule has 154 valence electrons. The Morgan fingerprint density at radius 1 is 0.867 bits per heavy atom. The summed E-state index contributed by atoms with van der Waals surface area (Å²) in [4.78, 5) is 26.6. The minimum absolute atomic E-state index is 0.222. The van der Waals surface area contributed by atoms with Gasteiger partial charge in [-0.2, -0.15) is 0 Å². The Morgan fingerprint density at radius 3 is 2.23 bits per heavy atom. The fourth-order valence-corrected chi connectivity index (χ4v) is 2.77. The van der Waals surface area contributed by atoms with Crippen LogP contribution < -0.4 is 15.0 Å². The van der Waals surface area contributed by atoms with Crippen LogP contribution in [0.5, 0.6) is 5.75 Å². The van der Waals surface area contributed by atoms with Gasteiger partial charge in [-0.25, -0.2) is 4.79 Å². The van der Waals surface area contributed by atoms with Gasteiger partial charge in [-0.1, -0.05) is 36.4 Å². The van der Waals surface area contributed by atoms with Crippen molar-refractivity contribution >= 4 is 23.3 Å². The highest BCUT2D eigenvalue weighted by Gasteiger charge is 2.15. The van der Waals surface area contributed by atoms with Crippen LogP contribution in [0.25, 0.3) is 0 Å². The van der Waals surface area contributed by atoms with Crippen LogP contribution in [0.1, 0.15) is 15.9 Å². The number of amides is 1. The zero-order chi connectivity index (χ0) is 21.3. The summed E-state index contributed by atoms with van der Waals surface area (Å²) in [6.45, 7) is -0.151. The third kappa shape index (κ3) is 5.85. The summed E-state index contributed by atoms with van der Waals surface area (Å²) >= 11 is 0. The van der Waals surface area contributed by atoms with E-state index in [4.69, 9.17) is 9.47 Å². The largest absolute Gasteiger partial charge is 0.489 e. The maximum absolute atomic E-state index is 12.5. The molecule has 0 aromatic heterocycles. The topological polar surface area (TPSA) is 67.9 Å². The minimum Gasteiger partial charge on any atom is -0.489 e. The lowest BCUT2D eigenvalue weighted by atomic mass is 10.1. The lowest BCUT2D eigenvalue weighted by Crippen LogP contribution is -2.21. The van der Waals surface area contributed by atoms with Gasteiger partial charge in [0.25, 0.3) is 5.91 Å². The van der Waals surface area contributed by atoms with Gasteiger partial charge in [0.1, 0.15) is 12.4 Å². The van der Waals surface area contributed by atoms with Crippen molar-refractivity contribution in [2.24, 2.45) is 0 Å². The molecule has 0 fully saturated rings. The number of ether oxygens (including phenoxy) is 2. The molecule has 0 radical (unpaired) electrons. The van der Waals surface area contributed by atoms with Crippen LogP contribution in [0.2, 0.25) is 0 Å². The molecule has 3 rings (SSSR count). The first kappa shape index (κ1) is 20.9. The molecule has 1 N–H and O–H groups in total. The molecule has 6 nitrogen and oxygen atoms in total. The van der Waals surface area contributed by atoms with E-state index >= 15 is 0 Å². The maximum atomic E-state index is 12.5. The number of hydrogen-bond acceptors (Lipinski definition) is 5. The number of nitrogens with zero attached hydrogens (tertiary/aromatic N) is 1. The van der Waals surface area contributed by atoms with E-state index in [0.29, 0.717) is 22.6 Å². The molecule has 0 saturated carbocycles. The molecule has 0 unspecified atom stereocenters. The van der Waals surface area contributed by atoms with Gasteiger partial charge in [0.2, 0.25) is 0 Å². The Morgan fingerprint density at radius 2 is 1.53 bits per heavy atom. The van der Waals surface area contributed by atoms with Crippen molar-refractivity contribution in [3.8, 4) is 5.75 Å². The highest BCUT2D eigenvalue weighted by molar-refractivity contribution is 5.96. The van der Waals surface area contributed by atoms with E-state index in [1.165, 1.54) is 0 Å². The molecule has 0 atom stereocenters. The predicted molar refractivity (Wildman–Crippen MR) is 117 cm³/mol. The van der Waals surface area contributed by atoms with E-state index in [0.717, 1.165) is 5.69 Å². The number of esters is 1. The van der Waals surface area contributed by atoms with Gasteiger partial charge in [-0.05, 0) is 42.5 Å². The summed E-state index contributed by atoms with van der Waals surface area (Å²) in [5.41, 5.74) is 2.72. The third-order valence-corrected chi connectivity index (χ3v) is 4.38. The number of carbonyl (C=O) groups is 2. The van der Waals surface area contributed by atoms with E-state index in [9.17, 15) is 9.59 Å². The average molecular weight is 404 g/mol. The van der Waals surface area contributed by atoms with E-state index in [1.54, 1.807) is 30.3 Å². The number of benzene rings is 3. The number of para-hydroxylation sites is 1. The summed E-state index contributed by atoms with van der Waals surface area (Å²) in [5.74, 6) is -0.264. The number of nitrogens with one attached hydrogen (secondary N) is 1. The SMILES string of the molecule is CN(C)c1ccc(NC(=O)COC(=O)c2ccccc2COc2ccccc2)cc1. The summed E-state index contributed by atoms with van der Waals surface area (Å²) < 4.78 is 10.9. The Balaban J connectivity index is 1.54. The minimum atomic E-state index is -0.569. The number of anilines is 2. The van der Waals surface area contributed by atoms with Crippen molar-refractivity contribution in [2.45, 2.75) is 6.61 Å². The van der Waals surface area contributed by atoms with Crippen molar-refractivity contribution in [3.05, 3.63) is 90.0 Å². The quantitative estimate of drug-likeness (QED) is 0.572. The van der Waals surface area contributed by atoms with E-state index in [-0.39, 0.29) is 13.2 Å². The molecule has 0 heterocycles. The molecular formula is C24H24N2O4.